The summed E-state index contributed by atoms with van der Waals surface area (Å²) >= 11 is 0. The SMILES string of the molecule is O=C([O-])CCc1cn(Cc2cc(Cn3cc(CCC(=O)[O-])c4ccccc43)cc(Cn3cc(CCC(=O)[O-])c4ccccc43)c2)c2ccccc12.[Na+].[Na+].[Na+]. The van der Waals surface area contributed by atoms with Gasteiger partial charge in [-0.05, 0) is 90.1 Å². The fraction of sp³-hybridized carbons (Fsp3) is 0.214. The van der Waals surface area contributed by atoms with Gasteiger partial charge in [-0.15, -0.1) is 0 Å². The number of hydrogen-bond donors (Lipinski definition) is 0. The van der Waals surface area contributed by atoms with Crippen LogP contribution in [-0.2, 0) is 53.3 Å². The number of benzene rings is 4. The number of aromatic nitrogens is 3. The first-order valence-corrected chi connectivity index (χ1v) is 17.1. The van der Waals surface area contributed by atoms with Crippen molar-refractivity contribution >= 4 is 50.6 Å². The summed E-state index contributed by atoms with van der Waals surface area (Å²) in [6.45, 7) is 1.66. The van der Waals surface area contributed by atoms with Crippen LogP contribution in [-0.4, -0.2) is 31.6 Å². The van der Waals surface area contributed by atoms with E-state index in [0.717, 1.165) is 66.1 Å². The Morgan fingerprint density at radius 3 is 0.944 bits per heavy atom. The molecule has 0 bridgehead atoms. The molecule has 0 fully saturated rings. The van der Waals surface area contributed by atoms with Crippen molar-refractivity contribution < 1.29 is 118 Å². The van der Waals surface area contributed by atoms with Gasteiger partial charge in [0.15, 0.2) is 0 Å². The minimum atomic E-state index is -1.08. The average molecular weight is 748 g/mol. The zero-order chi connectivity index (χ0) is 35.5. The molecular formula is C42H36N3Na3O6. The number of hydrogen-bond acceptors (Lipinski definition) is 6. The molecule has 0 radical (unpaired) electrons. The molecule has 12 heteroatoms. The molecule has 54 heavy (non-hydrogen) atoms. The Bertz CT molecular complexity index is 2150. The van der Waals surface area contributed by atoms with Crippen LogP contribution in [0.25, 0.3) is 32.7 Å². The van der Waals surface area contributed by atoms with Gasteiger partial charge in [0.2, 0.25) is 0 Å². The zero-order valence-electron chi connectivity index (χ0n) is 31.0. The molecule has 4 aromatic carbocycles. The Labute approximate surface area is 379 Å². The van der Waals surface area contributed by atoms with Gasteiger partial charge >= 0.3 is 88.7 Å². The van der Waals surface area contributed by atoms with E-state index in [1.165, 1.54) is 0 Å². The molecule has 3 aromatic heterocycles. The Morgan fingerprint density at radius 1 is 0.426 bits per heavy atom. The maximum atomic E-state index is 11.3. The van der Waals surface area contributed by atoms with E-state index in [2.05, 4.69) is 31.9 Å². The predicted octanol–water partition coefficient (Wildman–Crippen LogP) is -5.24. The molecule has 0 spiro atoms. The number of nitrogens with zero attached hydrogens (tertiary/aromatic N) is 3. The molecule has 0 unspecified atom stereocenters. The van der Waals surface area contributed by atoms with Crippen LogP contribution in [0.3, 0.4) is 0 Å². The van der Waals surface area contributed by atoms with Crippen molar-refractivity contribution in [2.45, 2.75) is 58.2 Å². The maximum absolute atomic E-state index is 11.3. The van der Waals surface area contributed by atoms with Gasteiger partial charge in [-0.2, -0.15) is 0 Å². The molecule has 7 aromatic rings. The van der Waals surface area contributed by atoms with Gasteiger partial charge in [0.05, 0.1) is 0 Å². The third kappa shape index (κ3) is 10.2. The second kappa shape index (κ2) is 19.7. The Balaban J connectivity index is 0.00000217. The molecule has 0 aliphatic heterocycles. The van der Waals surface area contributed by atoms with Crippen LogP contribution in [0.1, 0.15) is 52.6 Å². The first-order valence-electron chi connectivity index (χ1n) is 17.1. The topological polar surface area (TPSA) is 135 Å². The fourth-order valence-corrected chi connectivity index (χ4v) is 7.37. The third-order valence-corrected chi connectivity index (χ3v) is 9.58. The number of carboxylic acids is 3. The molecule has 0 aliphatic rings. The van der Waals surface area contributed by atoms with Gasteiger partial charge in [0.1, 0.15) is 0 Å². The quantitative estimate of drug-likeness (QED) is 0.0964. The number of rotatable bonds is 15. The molecule has 0 atom stereocenters. The summed E-state index contributed by atoms with van der Waals surface area (Å²) in [7, 11) is 0. The normalized spacial score (nSPS) is 10.9. The second-order valence-electron chi connectivity index (χ2n) is 13.2. The third-order valence-electron chi connectivity index (χ3n) is 9.58. The first kappa shape index (κ1) is 43.6. The number of aliphatic carboxylic acids is 3. The van der Waals surface area contributed by atoms with Gasteiger partial charge in [0, 0.05) is 88.8 Å². The molecule has 7 rings (SSSR count). The van der Waals surface area contributed by atoms with Gasteiger partial charge in [0.25, 0.3) is 0 Å². The molecule has 258 valence electrons. The predicted molar refractivity (Wildman–Crippen MR) is 190 cm³/mol. The molecule has 0 saturated carbocycles. The van der Waals surface area contributed by atoms with Gasteiger partial charge in [-0.1, -0.05) is 72.8 Å². The summed E-state index contributed by atoms with van der Waals surface area (Å²) in [5, 5.41) is 36.9. The van der Waals surface area contributed by atoms with E-state index >= 15 is 0 Å². The average Bonchev–Trinajstić information content (AvgIpc) is 3.77. The summed E-state index contributed by atoms with van der Waals surface area (Å²) in [5.41, 5.74) is 9.11. The Kier molecular flexibility index (Phi) is 15.9. The number of carbonyl (C=O) groups is 3. The second-order valence-corrected chi connectivity index (χ2v) is 13.2. The Morgan fingerprint density at radius 2 is 0.685 bits per heavy atom. The molecule has 9 nitrogen and oxygen atoms in total. The molecule has 0 aliphatic carbocycles. The fourth-order valence-electron chi connectivity index (χ4n) is 7.37. The summed E-state index contributed by atoms with van der Waals surface area (Å²) in [6, 6.07) is 30.6. The van der Waals surface area contributed by atoms with E-state index in [0.29, 0.717) is 38.9 Å². The minimum Gasteiger partial charge on any atom is -0.550 e. The summed E-state index contributed by atoms with van der Waals surface area (Å²) in [5.74, 6) is -3.24. The molecule has 0 N–H and O–H groups in total. The molecular weight excluding hydrogens is 711 g/mol. The van der Waals surface area contributed by atoms with E-state index in [1.54, 1.807) is 0 Å². The van der Waals surface area contributed by atoms with Crippen molar-refractivity contribution in [1.82, 2.24) is 13.7 Å². The van der Waals surface area contributed by atoms with Crippen molar-refractivity contribution in [2.75, 3.05) is 0 Å². The van der Waals surface area contributed by atoms with Crippen LogP contribution in [0, 0.1) is 0 Å². The van der Waals surface area contributed by atoms with Gasteiger partial charge in [-0.25, -0.2) is 0 Å². The van der Waals surface area contributed by atoms with E-state index in [9.17, 15) is 29.7 Å². The largest absolute Gasteiger partial charge is 1.00 e. The maximum Gasteiger partial charge on any atom is 1.00 e. The minimum absolute atomic E-state index is 0. The van der Waals surface area contributed by atoms with Crippen molar-refractivity contribution in [1.29, 1.82) is 0 Å². The zero-order valence-corrected chi connectivity index (χ0v) is 37.0. The first-order chi connectivity index (χ1) is 24.7. The summed E-state index contributed by atoms with van der Waals surface area (Å²) < 4.78 is 6.49. The number of carbonyl (C=O) groups excluding carboxylic acids is 3. The molecule has 0 amide bonds. The van der Waals surface area contributed by atoms with Gasteiger partial charge < -0.3 is 43.4 Å². The van der Waals surface area contributed by atoms with Crippen LogP contribution in [0.2, 0.25) is 0 Å². The van der Waals surface area contributed by atoms with Crippen LogP contribution in [0.15, 0.2) is 110 Å². The van der Waals surface area contributed by atoms with E-state index in [1.807, 2.05) is 91.4 Å². The van der Waals surface area contributed by atoms with Crippen molar-refractivity contribution in [3.05, 3.63) is 143 Å². The van der Waals surface area contributed by atoms with Crippen molar-refractivity contribution in [2.24, 2.45) is 0 Å². The molecule has 0 saturated heterocycles. The van der Waals surface area contributed by atoms with Crippen LogP contribution in [0.5, 0.6) is 0 Å². The van der Waals surface area contributed by atoms with Crippen LogP contribution < -0.4 is 104 Å². The van der Waals surface area contributed by atoms with Crippen molar-refractivity contribution in [3.63, 3.8) is 0 Å². The number of para-hydroxylation sites is 3. The smallest absolute Gasteiger partial charge is 0.550 e. The van der Waals surface area contributed by atoms with Crippen molar-refractivity contribution in [3.8, 4) is 0 Å². The summed E-state index contributed by atoms with van der Waals surface area (Å²) in [4.78, 5) is 33.9. The van der Waals surface area contributed by atoms with E-state index in [-0.39, 0.29) is 108 Å². The molecule has 3 heterocycles. The van der Waals surface area contributed by atoms with Crippen LogP contribution in [0.4, 0.5) is 0 Å². The summed E-state index contributed by atoms with van der Waals surface area (Å²) in [6.07, 6.45) is 7.07. The van der Waals surface area contributed by atoms with Gasteiger partial charge in [-0.3, -0.25) is 0 Å². The number of aryl methyl sites for hydroxylation is 3. The van der Waals surface area contributed by atoms with E-state index in [4.69, 9.17) is 0 Å². The Hall–Kier alpha value is -3.09. The van der Waals surface area contributed by atoms with E-state index < -0.39 is 17.9 Å². The number of carboxylic acid groups (broad SMARTS) is 3. The van der Waals surface area contributed by atoms with Crippen LogP contribution >= 0.6 is 0 Å². The standard InChI is InChI=1S/C42H39N3O6.3Na/c46-40(47)16-13-31-25-43(37-10-4-1-7-34(31)37)22-28-19-29(23-44-26-32(14-17-41(48)49)35-8-2-5-11-38(35)44)21-30(20-28)24-45-27-33(15-18-42(50)51)36-9-3-6-12-39(36)45;;;/h1-12,19-21,25-27H,13-18,22-24H2,(H,46,47)(H,48,49)(H,50,51);;;/q;3*+1/p-3. The monoisotopic (exact) mass is 747 g/mol. The number of fused-ring (bicyclic) bond motifs is 3.